The summed E-state index contributed by atoms with van der Waals surface area (Å²) in [4.78, 5) is 14.6. The molecule has 6 nitrogen and oxygen atoms in total. The van der Waals surface area contributed by atoms with Crippen molar-refractivity contribution in [2.75, 3.05) is 13.7 Å². The third-order valence-corrected chi connectivity index (χ3v) is 4.29. The third-order valence-electron chi connectivity index (χ3n) is 4.29. The fourth-order valence-corrected chi connectivity index (χ4v) is 2.96. The van der Waals surface area contributed by atoms with Crippen LogP contribution in [0, 0.1) is 12.3 Å². The molecular weight excluding hydrogens is 340 g/mol. The molecular formula is C21H28N4O2. The Hall–Kier alpha value is -2.60. The number of hydrogen-bond acceptors (Lipinski definition) is 6. The molecule has 0 amide bonds. The Morgan fingerprint density at radius 1 is 1.19 bits per heavy atom. The predicted octanol–water partition coefficient (Wildman–Crippen LogP) is 3.47. The van der Waals surface area contributed by atoms with Crippen molar-refractivity contribution in [1.29, 1.82) is 5.41 Å². The first kappa shape index (κ1) is 20.7. The Balaban J connectivity index is 0.00000126. The molecule has 0 spiro atoms. The van der Waals surface area contributed by atoms with Gasteiger partial charge in [-0.1, -0.05) is 17.3 Å². The first-order valence-electron chi connectivity index (χ1n) is 9.25. The van der Waals surface area contributed by atoms with Gasteiger partial charge < -0.3 is 15.4 Å². The summed E-state index contributed by atoms with van der Waals surface area (Å²) in [6.45, 7) is 4.31. The first-order valence-corrected chi connectivity index (χ1v) is 9.25. The smallest absolute Gasteiger partial charge is 0.117 e. The van der Waals surface area contributed by atoms with Crippen molar-refractivity contribution in [3.63, 3.8) is 0 Å². The molecule has 0 saturated heterocycles. The highest BCUT2D eigenvalue weighted by Gasteiger charge is 2.17. The van der Waals surface area contributed by atoms with Gasteiger partial charge in [0.1, 0.15) is 12.3 Å². The van der Waals surface area contributed by atoms with Crippen LogP contribution < -0.4 is 0 Å². The zero-order valence-electron chi connectivity index (χ0n) is 16.3. The lowest BCUT2D eigenvalue weighted by Crippen LogP contribution is -2.15. The van der Waals surface area contributed by atoms with E-state index in [-0.39, 0.29) is 0 Å². The lowest BCUT2D eigenvalue weighted by molar-refractivity contribution is 0.141. The molecule has 27 heavy (non-hydrogen) atoms. The molecule has 1 aliphatic carbocycles. The van der Waals surface area contributed by atoms with Gasteiger partial charge in [-0.15, -0.1) is 0 Å². The van der Waals surface area contributed by atoms with Crippen molar-refractivity contribution in [1.82, 2.24) is 9.97 Å². The van der Waals surface area contributed by atoms with Crippen molar-refractivity contribution in [2.24, 2.45) is 5.16 Å². The van der Waals surface area contributed by atoms with Crippen LogP contribution in [0.1, 0.15) is 54.5 Å². The minimum absolute atomic E-state index is 0.489. The van der Waals surface area contributed by atoms with Crippen molar-refractivity contribution < 1.29 is 9.94 Å². The minimum atomic E-state index is 0.489. The molecule has 0 aromatic carbocycles. The summed E-state index contributed by atoms with van der Waals surface area (Å²) < 4.78 is 0. The molecule has 144 valence electrons. The highest BCUT2D eigenvalue weighted by atomic mass is 16.6. The van der Waals surface area contributed by atoms with Crippen LogP contribution in [0.5, 0.6) is 0 Å². The molecule has 0 radical (unpaired) electrons. The largest absolute Gasteiger partial charge is 0.400 e. The summed E-state index contributed by atoms with van der Waals surface area (Å²) >= 11 is 0. The molecule has 0 fully saturated rings. The summed E-state index contributed by atoms with van der Waals surface area (Å²) in [5.74, 6) is 0. The number of rotatable bonds is 6. The Bertz CT molecular complexity index is 803. The van der Waals surface area contributed by atoms with Crippen molar-refractivity contribution in [2.45, 2.75) is 46.0 Å². The van der Waals surface area contributed by atoms with E-state index >= 15 is 0 Å². The lowest BCUT2D eigenvalue weighted by atomic mass is 9.94. The molecule has 0 saturated carbocycles. The quantitative estimate of drug-likeness (QED) is 0.464. The van der Waals surface area contributed by atoms with Gasteiger partial charge in [0.05, 0.1) is 17.1 Å². The van der Waals surface area contributed by atoms with Gasteiger partial charge in [-0.2, -0.15) is 0 Å². The average Bonchev–Trinajstić information content (AvgIpc) is 2.69. The number of hydrogen-bond donors (Lipinski definition) is 2. The maximum absolute atomic E-state index is 7.65. The van der Waals surface area contributed by atoms with E-state index in [1.807, 2.05) is 25.1 Å². The molecule has 0 unspecified atom stereocenters. The summed E-state index contributed by atoms with van der Waals surface area (Å²) in [5.41, 5.74) is 6.46. The first-order chi connectivity index (χ1) is 13.1. The maximum atomic E-state index is 7.65. The summed E-state index contributed by atoms with van der Waals surface area (Å²) in [5, 5.41) is 19.0. The van der Waals surface area contributed by atoms with Gasteiger partial charge in [-0.25, -0.2) is 0 Å². The number of aryl methyl sites for hydroxylation is 3. The number of fused-ring (bicyclic) bond motifs is 1. The van der Waals surface area contributed by atoms with Gasteiger partial charge in [0, 0.05) is 18.5 Å². The predicted molar refractivity (Wildman–Crippen MR) is 108 cm³/mol. The number of nitrogens with zero attached hydrogens (tertiary/aromatic N) is 3. The molecule has 2 heterocycles. The number of oxime groups is 1. The van der Waals surface area contributed by atoms with Crippen LogP contribution in [0.2, 0.25) is 0 Å². The number of pyridine rings is 2. The van der Waals surface area contributed by atoms with E-state index in [0.717, 1.165) is 67.7 Å². The van der Waals surface area contributed by atoms with E-state index in [0.29, 0.717) is 12.3 Å². The second-order valence-corrected chi connectivity index (χ2v) is 6.43. The normalized spacial score (nSPS) is 14.1. The van der Waals surface area contributed by atoms with Crippen LogP contribution in [0.4, 0.5) is 0 Å². The van der Waals surface area contributed by atoms with E-state index in [1.54, 1.807) is 6.92 Å². The van der Waals surface area contributed by atoms with Crippen LogP contribution in [0.25, 0.3) is 0 Å². The van der Waals surface area contributed by atoms with Gasteiger partial charge in [-0.3, -0.25) is 9.97 Å². The molecule has 2 N–H and O–H groups in total. The zero-order valence-corrected chi connectivity index (χ0v) is 16.3. The van der Waals surface area contributed by atoms with Crippen LogP contribution in [-0.2, 0) is 17.7 Å². The highest BCUT2D eigenvalue weighted by Crippen LogP contribution is 2.20. The van der Waals surface area contributed by atoms with Crippen LogP contribution in [-0.4, -0.2) is 40.2 Å². The van der Waals surface area contributed by atoms with Gasteiger partial charge in [0.25, 0.3) is 0 Å². The third kappa shape index (κ3) is 5.96. The summed E-state index contributed by atoms with van der Waals surface area (Å²) in [6.07, 6.45) is 4.75. The minimum Gasteiger partial charge on any atom is -0.400 e. The van der Waals surface area contributed by atoms with E-state index in [9.17, 15) is 0 Å². The topological polar surface area (TPSA) is 91.5 Å². The number of nitrogens with one attached hydrogen (secondary N) is 1. The Morgan fingerprint density at radius 3 is 2.78 bits per heavy atom. The molecule has 3 rings (SSSR count). The second-order valence-electron chi connectivity index (χ2n) is 6.43. The molecule has 6 heteroatoms. The van der Waals surface area contributed by atoms with E-state index < -0.39 is 0 Å². The van der Waals surface area contributed by atoms with Crippen molar-refractivity contribution in [3.05, 3.63) is 58.7 Å². The van der Waals surface area contributed by atoms with Gasteiger partial charge >= 0.3 is 0 Å². The molecule has 0 bridgehead atoms. The molecule has 0 atom stereocenters. The second kappa shape index (κ2) is 10.5. The maximum Gasteiger partial charge on any atom is 0.117 e. The van der Waals surface area contributed by atoms with Gasteiger partial charge in [0.15, 0.2) is 0 Å². The summed E-state index contributed by atoms with van der Waals surface area (Å²) in [7, 11) is 1.00. The van der Waals surface area contributed by atoms with E-state index in [1.165, 1.54) is 5.56 Å². The Labute approximate surface area is 160 Å². The molecule has 0 aliphatic heterocycles. The average molecular weight is 368 g/mol. The molecule has 2 aromatic rings. The van der Waals surface area contributed by atoms with Crippen LogP contribution >= 0.6 is 0 Å². The molecule has 2 aromatic heterocycles. The monoisotopic (exact) mass is 368 g/mol. The van der Waals surface area contributed by atoms with Crippen LogP contribution in [0.3, 0.4) is 0 Å². The molecule has 1 aliphatic rings. The van der Waals surface area contributed by atoms with Gasteiger partial charge in [0.2, 0.25) is 0 Å². The number of aliphatic hydroxyl groups is 1. The SMILES string of the molecule is CC(=N)c1cccc(CCCO/N=C2\CCCc3ccc(C)nc32)n1.CO. The lowest BCUT2D eigenvalue weighted by Gasteiger charge is -2.16. The van der Waals surface area contributed by atoms with Crippen molar-refractivity contribution in [3.8, 4) is 0 Å². The summed E-state index contributed by atoms with van der Waals surface area (Å²) in [6, 6.07) is 10.0. The van der Waals surface area contributed by atoms with Gasteiger partial charge in [-0.05, 0) is 69.7 Å². The fraction of sp³-hybridized carbons (Fsp3) is 0.429. The van der Waals surface area contributed by atoms with E-state index in [2.05, 4.69) is 27.3 Å². The fourth-order valence-electron chi connectivity index (χ4n) is 2.96. The number of aliphatic hydroxyl groups excluding tert-OH is 1. The number of aromatic nitrogens is 2. The van der Waals surface area contributed by atoms with Crippen molar-refractivity contribution >= 4 is 11.4 Å². The Kier molecular flexibility index (Phi) is 8.07. The van der Waals surface area contributed by atoms with E-state index in [4.69, 9.17) is 15.4 Å². The Morgan fingerprint density at radius 2 is 2.00 bits per heavy atom. The zero-order chi connectivity index (χ0) is 19.6. The highest BCUT2D eigenvalue weighted by molar-refractivity contribution is 6.00. The van der Waals surface area contributed by atoms with Crippen LogP contribution in [0.15, 0.2) is 35.5 Å². The standard InChI is InChI=1S/C20H24N4O.CH4O/c1-14-11-12-16-6-3-10-19(20(16)22-14)24-25-13-5-8-17-7-4-9-18(23-17)15(2)21;1-2/h4,7,9,11-12,21H,3,5-6,8,10,13H2,1-2H3;2H,1H3/b21-15?,24-19+;.